The van der Waals surface area contributed by atoms with Crippen LogP contribution >= 0.6 is 0 Å². The average Bonchev–Trinajstić information content (AvgIpc) is 1.87. The van der Waals surface area contributed by atoms with Crippen LogP contribution in [0.3, 0.4) is 0 Å². The Labute approximate surface area is 71.0 Å². The fourth-order valence-corrected chi connectivity index (χ4v) is 1.12. The van der Waals surface area contributed by atoms with Crippen molar-refractivity contribution in [2.45, 2.75) is 40.5 Å². The Kier molecular flexibility index (Phi) is 4.93. The molecule has 0 radical (unpaired) electrons. The molecule has 0 aromatic rings. The van der Waals surface area contributed by atoms with E-state index in [0.717, 1.165) is 6.42 Å². The molecule has 0 aliphatic carbocycles. The fourth-order valence-electron chi connectivity index (χ4n) is 1.12. The molecule has 0 fully saturated rings. The molecule has 0 saturated heterocycles. The summed E-state index contributed by atoms with van der Waals surface area (Å²) in [5.74, 6) is 0.694. The Morgan fingerprint density at radius 2 is 1.91 bits per heavy atom. The zero-order chi connectivity index (χ0) is 8.85. The van der Waals surface area contributed by atoms with Crippen LogP contribution in [0.15, 0.2) is 23.8 Å². The van der Waals surface area contributed by atoms with Crippen molar-refractivity contribution in [2.24, 2.45) is 5.92 Å². The van der Waals surface area contributed by atoms with Crippen LogP contribution in [-0.2, 0) is 0 Å². The van der Waals surface area contributed by atoms with Crippen molar-refractivity contribution in [3.63, 3.8) is 0 Å². The Balaban J connectivity index is 3.81. The van der Waals surface area contributed by atoms with Gasteiger partial charge < -0.3 is 0 Å². The highest BCUT2D eigenvalue weighted by Gasteiger charge is 2.00. The maximum Gasteiger partial charge on any atom is -0.0260 e. The zero-order valence-electron chi connectivity index (χ0n) is 8.28. The second kappa shape index (κ2) is 5.17. The lowest BCUT2D eigenvalue weighted by Gasteiger charge is -2.09. The topological polar surface area (TPSA) is 0 Å². The first-order chi connectivity index (χ1) is 5.07. The normalized spacial score (nSPS) is 12.3. The molecule has 64 valence electrons. The second-order valence-electron chi connectivity index (χ2n) is 3.48. The van der Waals surface area contributed by atoms with E-state index >= 15 is 0 Å². The molecule has 0 amide bonds. The maximum absolute atomic E-state index is 3.89. The molecule has 0 N–H and O–H groups in total. The van der Waals surface area contributed by atoms with Crippen molar-refractivity contribution in [3.05, 3.63) is 23.8 Å². The van der Waals surface area contributed by atoms with Crippen molar-refractivity contribution < 1.29 is 0 Å². The van der Waals surface area contributed by atoms with Crippen molar-refractivity contribution in [1.82, 2.24) is 0 Å². The highest BCUT2D eigenvalue weighted by atomic mass is 14.1. The molecule has 0 unspecified atom stereocenters. The minimum Gasteiger partial charge on any atom is -0.100 e. The maximum atomic E-state index is 3.89. The van der Waals surface area contributed by atoms with Gasteiger partial charge in [-0.05, 0) is 32.6 Å². The summed E-state index contributed by atoms with van der Waals surface area (Å²) in [4.78, 5) is 0. The fraction of sp³-hybridized carbons (Fsp3) is 0.636. The molecule has 0 atom stereocenters. The summed E-state index contributed by atoms with van der Waals surface area (Å²) < 4.78 is 0. The van der Waals surface area contributed by atoms with Gasteiger partial charge in [-0.25, -0.2) is 0 Å². The summed E-state index contributed by atoms with van der Waals surface area (Å²) in [7, 11) is 0. The quantitative estimate of drug-likeness (QED) is 0.535. The monoisotopic (exact) mass is 152 g/mol. The first-order valence-corrected chi connectivity index (χ1v) is 4.37. The van der Waals surface area contributed by atoms with E-state index in [1.807, 2.05) is 0 Å². The SMILES string of the molecule is C=C(C)CCC(=CC)C(C)C. The number of hydrogen-bond acceptors (Lipinski definition) is 0. The molecule has 0 nitrogen and oxygen atoms in total. The van der Waals surface area contributed by atoms with E-state index in [1.54, 1.807) is 5.57 Å². The average molecular weight is 152 g/mol. The zero-order valence-corrected chi connectivity index (χ0v) is 8.28. The highest BCUT2D eigenvalue weighted by Crippen LogP contribution is 2.17. The lowest BCUT2D eigenvalue weighted by Crippen LogP contribution is -1.93. The van der Waals surface area contributed by atoms with E-state index in [2.05, 4.69) is 40.3 Å². The van der Waals surface area contributed by atoms with Crippen molar-refractivity contribution >= 4 is 0 Å². The van der Waals surface area contributed by atoms with Crippen molar-refractivity contribution in [3.8, 4) is 0 Å². The van der Waals surface area contributed by atoms with Crippen LogP contribution in [0.25, 0.3) is 0 Å². The van der Waals surface area contributed by atoms with Gasteiger partial charge in [0.1, 0.15) is 0 Å². The molecular weight excluding hydrogens is 132 g/mol. The Bertz CT molecular complexity index is 149. The summed E-state index contributed by atoms with van der Waals surface area (Å²) >= 11 is 0. The van der Waals surface area contributed by atoms with E-state index in [9.17, 15) is 0 Å². The van der Waals surface area contributed by atoms with Gasteiger partial charge in [0.05, 0.1) is 0 Å². The molecule has 0 aliphatic rings. The highest BCUT2D eigenvalue weighted by molar-refractivity contribution is 5.06. The van der Waals surface area contributed by atoms with E-state index in [-0.39, 0.29) is 0 Å². The molecule has 0 heterocycles. The standard InChI is InChI=1S/C11H20/c1-6-11(10(4)5)8-7-9(2)3/h6,10H,2,7-8H2,1,3-5H3. The minimum atomic E-state index is 0.694. The molecule has 0 bridgehead atoms. The summed E-state index contributed by atoms with van der Waals surface area (Å²) in [5.41, 5.74) is 2.83. The van der Waals surface area contributed by atoms with Gasteiger partial charge >= 0.3 is 0 Å². The van der Waals surface area contributed by atoms with Crippen LogP contribution in [0.4, 0.5) is 0 Å². The van der Waals surface area contributed by atoms with Crippen LogP contribution in [0.2, 0.25) is 0 Å². The first-order valence-electron chi connectivity index (χ1n) is 4.37. The molecule has 11 heavy (non-hydrogen) atoms. The van der Waals surface area contributed by atoms with Gasteiger partial charge in [0.2, 0.25) is 0 Å². The summed E-state index contributed by atoms with van der Waals surface area (Å²) in [6.45, 7) is 12.6. The Morgan fingerprint density at radius 1 is 1.36 bits per heavy atom. The van der Waals surface area contributed by atoms with Crippen molar-refractivity contribution in [1.29, 1.82) is 0 Å². The predicted octanol–water partition coefficient (Wildman–Crippen LogP) is 3.95. The second-order valence-corrected chi connectivity index (χ2v) is 3.48. The van der Waals surface area contributed by atoms with Crippen LogP contribution in [-0.4, -0.2) is 0 Å². The van der Waals surface area contributed by atoms with Crippen LogP contribution in [0.1, 0.15) is 40.5 Å². The van der Waals surface area contributed by atoms with Gasteiger partial charge in [0.15, 0.2) is 0 Å². The first kappa shape index (κ1) is 10.5. The smallest absolute Gasteiger partial charge is 0.0260 e. The van der Waals surface area contributed by atoms with Gasteiger partial charge in [-0.1, -0.05) is 31.1 Å². The minimum absolute atomic E-state index is 0.694. The molecule has 0 aromatic carbocycles. The van der Waals surface area contributed by atoms with Gasteiger partial charge in [0, 0.05) is 0 Å². The predicted molar refractivity (Wildman–Crippen MR) is 52.6 cm³/mol. The van der Waals surface area contributed by atoms with E-state index in [1.165, 1.54) is 12.0 Å². The summed E-state index contributed by atoms with van der Waals surface area (Å²) in [6.07, 6.45) is 4.55. The van der Waals surface area contributed by atoms with Gasteiger partial charge in [-0.3, -0.25) is 0 Å². The number of allylic oxidation sites excluding steroid dienone is 3. The lowest BCUT2D eigenvalue weighted by molar-refractivity contribution is 0.706. The van der Waals surface area contributed by atoms with E-state index < -0.39 is 0 Å². The third-order valence-electron chi connectivity index (χ3n) is 1.95. The number of rotatable bonds is 4. The largest absolute Gasteiger partial charge is 0.100 e. The molecule has 0 rings (SSSR count). The molecule has 0 heteroatoms. The van der Waals surface area contributed by atoms with Crippen LogP contribution in [0, 0.1) is 5.92 Å². The van der Waals surface area contributed by atoms with Gasteiger partial charge in [-0.2, -0.15) is 0 Å². The molecule has 0 saturated carbocycles. The lowest BCUT2D eigenvalue weighted by atomic mass is 9.97. The van der Waals surface area contributed by atoms with Crippen LogP contribution < -0.4 is 0 Å². The van der Waals surface area contributed by atoms with Crippen LogP contribution in [0.5, 0.6) is 0 Å². The summed E-state index contributed by atoms with van der Waals surface area (Å²) in [5, 5.41) is 0. The molecule has 0 spiro atoms. The van der Waals surface area contributed by atoms with E-state index in [0.29, 0.717) is 5.92 Å². The van der Waals surface area contributed by atoms with Gasteiger partial charge in [0.25, 0.3) is 0 Å². The van der Waals surface area contributed by atoms with Gasteiger partial charge in [-0.15, -0.1) is 6.58 Å². The molecule has 0 aliphatic heterocycles. The molecular formula is C11H20. The summed E-state index contributed by atoms with van der Waals surface area (Å²) in [6, 6.07) is 0. The third-order valence-corrected chi connectivity index (χ3v) is 1.95. The van der Waals surface area contributed by atoms with Crippen molar-refractivity contribution in [2.75, 3.05) is 0 Å². The van der Waals surface area contributed by atoms with E-state index in [4.69, 9.17) is 0 Å². The third kappa shape index (κ3) is 4.83. The molecule has 0 aromatic heterocycles. The number of hydrogen-bond donors (Lipinski definition) is 0. The Morgan fingerprint density at radius 3 is 2.18 bits per heavy atom. The Hall–Kier alpha value is -0.520.